The van der Waals surface area contributed by atoms with Crippen molar-refractivity contribution in [2.45, 2.75) is 36.8 Å². The molecule has 0 aliphatic carbocycles. The molecule has 2 rings (SSSR count). The number of hydrogen-bond acceptors (Lipinski definition) is 4. The van der Waals surface area contributed by atoms with Gasteiger partial charge >= 0.3 is 0 Å². The van der Waals surface area contributed by atoms with Gasteiger partial charge in [0, 0.05) is 41.7 Å². The predicted octanol–water partition coefficient (Wildman–Crippen LogP) is 3.14. The molecule has 4 heteroatoms. The van der Waals surface area contributed by atoms with Crippen LogP contribution >= 0.6 is 23.1 Å². The fraction of sp³-hybridized carbons (Fsp3) is 0.692. The summed E-state index contributed by atoms with van der Waals surface area (Å²) in [6, 6.07) is 4.30. The molecule has 1 atom stereocenters. The molecular formula is C13H21NOS2. The monoisotopic (exact) mass is 271 g/mol. The summed E-state index contributed by atoms with van der Waals surface area (Å²) in [5.41, 5.74) is 0. The molecule has 0 aromatic carbocycles. The van der Waals surface area contributed by atoms with Crippen molar-refractivity contribution >= 4 is 23.1 Å². The maximum atomic E-state index is 5.38. The molecule has 1 N–H and O–H groups in total. The van der Waals surface area contributed by atoms with Gasteiger partial charge in [0.1, 0.15) is 0 Å². The van der Waals surface area contributed by atoms with Crippen molar-refractivity contribution in [2.75, 3.05) is 19.8 Å². The number of ether oxygens (including phenoxy) is 1. The summed E-state index contributed by atoms with van der Waals surface area (Å²) in [6.07, 6.45) is 2.44. The third-order valence-electron chi connectivity index (χ3n) is 2.90. The summed E-state index contributed by atoms with van der Waals surface area (Å²) in [5.74, 6) is 0. The number of thiophene rings is 1. The third kappa shape index (κ3) is 5.00. The normalized spacial score (nSPS) is 19.4. The lowest BCUT2D eigenvalue weighted by atomic mass is 10.2. The third-order valence-corrected chi connectivity index (χ3v) is 5.27. The summed E-state index contributed by atoms with van der Waals surface area (Å²) < 4.78 is 5.38. The van der Waals surface area contributed by atoms with Crippen molar-refractivity contribution in [1.29, 1.82) is 0 Å². The second-order valence-electron chi connectivity index (χ2n) is 4.47. The van der Waals surface area contributed by atoms with Gasteiger partial charge in [-0.1, -0.05) is 13.0 Å². The average Bonchev–Trinajstić information content (AvgIpc) is 2.83. The summed E-state index contributed by atoms with van der Waals surface area (Å²) in [7, 11) is 0. The highest BCUT2D eigenvalue weighted by Crippen LogP contribution is 2.25. The van der Waals surface area contributed by atoms with Gasteiger partial charge in [-0.15, -0.1) is 11.3 Å². The Labute approximate surface area is 112 Å². The van der Waals surface area contributed by atoms with E-state index in [9.17, 15) is 0 Å². The molecule has 1 unspecified atom stereocenters. The van der Waals surface area contributed by atoms with E-state index in [0.29, 0.717) is 5.25 Å². The minimum atomic E-state index is 0.693. The average molecular weight is 271 g/mol. The Morgan fingerprint density at radius 2 is 2.35 bits per heavy atom. The van der Waals surface area contributed by atoms with Crippen LogP contribution in [0.25, 0.3) is 0 Å². The predicted molar refractivity (Wildman–Crippen MR) is 76.9 cm³/mol. The first-order valence-electron chi connectivity index (χ1n) is 6.31. The fourth-order valence-corrected chi connectivity index (χ4v) is 4.01. The standard InChI is InChI=1S/C13H21NOS2/c1-11(17-12-4-6-15-7-5-12)9-14-10-13-3-2-8-16-13/h2-3,8,11-12,14H,4-7,9-10H2,1H3. The van der Waals surface area contributed by atoms with E-state index in [2.05, 4.69) is 41.5 Å². The van der Waals surface area contributed by atoms with E-state index in [1.54, 1.807) is 0 Å². The maximum absolute atomic E-state index is 5.38. The van der Waals surface area contributed by atoms with Gasteiger partial charge in [0.25, 0.3) is 0 Å². The lowest BCUT2D eigenvalue weighted by molar-refractivity contribution is 0.0999. The van der Waals surface area contributed by atoms with Crippen LogP contribution in [0.1, 0.15) is 24.6 Å². The molecule has 1 aromatic heterocycles. The number of thioether (sulfide) groups is 1. The lowest BCUT2D eigenvalue weighted by Crippen LogP contribution is -2.26. The Morgan fingerprint density at radius 1 is 1.53 bits per heavy atom. The first kappa shape index (κ1) is 13.4. The highest BCUT2D eigenvalue weighted by atomic mass is 32.2. The van der Waals surface area contributed by atoms with Crippen molar-refractivity contribution in [3.05, 3.63) is 22.4 Å². The van der Waals surface area contributed by atoms with Crippen LogP contribution in [-0.2, 0) is 11.3 Å². The quantitative estimate of drug-likeness (QED) is 0.859. The molecule has 1 saturated heterocycles. The highest BCUT2D eigenvalue weighted by Gasteiger charge is 2.16. The number of rotatable bonds is 6. The van der Waals surface area contributed by atoms with Gasteiger partial charge in [-0.25, -0.2) is 0 Å². The Morgan fingerprint density at radius 3 is 3.06 bits per heavy atom. The van der Waals surface area contributed by atoms with Gasteiger partial charge in [-0.2, -0.15) is 11.8 Å². The smallest absolute Gasteiger partial charge is 0.0476 e. The Kier molecular flexibility index (Phi) is 5.85. The molecule has 0 saturated carbocycles. The first-order valence-corrected chi connectivity index (χ1v) is 8.13. The largest absolute Gasteiger partial charge is 0.381 e. The van der Waals surface area contributed by atoms with Crippen molar-refractivity contribution in [3.63, 3.8) is 0 Å². The molecule has 96 valence electrons. The summed E-state index contributed by atoms with van der Waals surface area (Å²) >= 11 is 3.94. The van der Waals surface area contributed by atoms with Gasteiger partial charge in [-0.05, 0) is 24.3 Å². The maximum Gasteiger partial charge on any atom is 0.0476 e. The zero-order chi connectivity index (χ0) is 11.9. The molecular weight excluding hydrogens is 250 g/mol. The Balaban J connectivity index is 1.58. The van der Waals surface area contributed by atoms with E-state index in [0.717, 1.165) is 31.6 Å². The van der Waals surface area contributed by atoms with Gasteiger partial charge in [0.2, 0.25) is 0 Å². The zero-order valence-electron chi connectivity index (χ0n) is 10.4. The van der Waals surface area contributed by atoms with Crippen molar-refractivity contribution in [1.82, 2.24) is 5.32 Å². The summed E-state index contributed by atoms with van der Waals surface area (Å²) in [4.78, 5) is 1.42. The molecule has 0 amide bonds. The van der Waals surface area contributed by atoms with Crippen LogP contribution < -0.4 is 5.32 Å². The Hall–Kier alpha value is -0.0300. The number of hydrogen-bond donors (Lipinski definition) is 1. The second kappa shape index (κ2) is 7.41. The number of nitrogens with one attached hydrogen (secondary N) is 1. The summed E-state index contributed by atoms with van der Waals surface area (Å²) in [5, 5.41) is 7.17. The second-order valence-corrected chi connectivity index (χ2v) is 7.24. The van der Waals surface area contributed by atoms with E-state index >= 15 is 0 Å². The summed E-state index contributed by atoms with van der Waals surface area (Å²) in [6.45, 7) is 6.33. The van der Waals surface area contributed by atoms with Crippen LogP contribution in [0, 0.1) is 0 Å². The van der Waals surface area contributed by atoms with E-state index in [1.165, 1.54) is 17.7 Å². The van der Waals surface area contributed by atoms with Gasteiger partial charge in [0.15, 0.2) is 0 Å². The topological polar surface area (TPSA) is 21.3 Å². The van der Waals surface area contributed by atoms with Gasteiger partial charge < -0.3 is 10.1 Å². The van der Waals surface area contributed by atoms with Gasteiger partial charge in [-0.3, -0.25) is 0 Å². The minimum Gasteiger partial charge on any atom is -0.381 e. The van der Waals surface area contributed by atoms with Crippen molar-refractivity contribution in [3.8, 4) is 0 Å². The molecule has 0 spiro atoms. The van der Waals surface area contributed by atoms with Crippen LogP contribution in [0.3, 0.4) is 0 Å². The minimum absolute atomic E-state index is 0.693. The van der Waals surface area contributed by atoms with Crippen molar-refractivity contribution in [2.24, 2.45) is 0 Å². The van der Waals surface area contributed by atoms with Crippen LogP contribution in [0.4, 0.5) is 0 Å². The van der Waals surface area contributed by atoms with Crippen LogP contribution in [0.15, 0.2) is 17.5 Å². The zero-order valence-corrected chi connectivity index (χ0v) is 12.0. The first-order chi connectivity index (χ1) is 8.34. The molecule has 0 radical (unpaired) electrons. The van der Waals surface area contributed by atoms with E-state index in [1.807, 2.05) is 11.3 Å². The molecule has 17 heavy (non-hydrogen) atoms. The SMILES string of the molecule is CC(CNCc1cccs1)SC1CCOCC1. The lowest BCUT2D eigenvalue weighted by Gasteiger charge is -2.24. The molecule has 1 aliphatic rings. The molecule has 1 aliphatic heterocycles. The van der Waals surface area contributed by atoms with E-state index in [4.69, 9.17) is 4.74 Å². The van der Waals surface area contributed by atoms with Crippen LogP contribution in [0.2, 0.25) is 0 Å². The highest BCUT2D eigenvalue weighted by molar-refractivity contribution is 8.00. The molecule has 1 fully saturated rings. The molecule has 2 heterocycles. The molecule has 0 bridgehead atoms. The van der Waals surface area contributed by atoms with Gasteiger partial charge in [0.05, 0.1) is 0 Å². The van der Waals surface area contributed by atoms with E-state index in [-0.39, 0.29) is 0 Å². The Bertz CT molecular complexity index is 296. The molecule has 1 aromatic rings. The fourth-order valence-electron chi connectivity index (χ4n) is 2.00. The van der Waals surface area contributed by atoms with E-state index < -0.39 is 0 Å². The van der Waals surface area contributed by atoms with Crippen LogP contribution in [0.5, 0.6) is 0 Å². The molecule has 2 nitrogen and oxygen atoms in total. The van der Waals surface area contributed by atoms with Crippen molar-refractivity contribution < 1.29 is 4.74 Å². The van der Waals surface area contributed by atoms with Crippen LogP contribution in [-0.4, -0.2) is 30.3 Å².